The Kier molecular flexibility index (Phi) is 3.16. The second-order valence-corrected chi connectivity index (χ2v) is 5.00. The quantitative estimate of drug-likeness (QED) is 0.821. The van der Waals surface area contributed by atoms with Crippen molar-refractivity contribution in [2.45, 2.75) is 18.3 Å². The second kappa shape index (κ2) is 4.96. The molecule has 0 spiro atoms. The van der Waals surface area contributed by atoms with E-state index in [1.807, 2.05) is 24.3 Å². The van der Waals surface area contributed by atoms with Crippen molar-refractivity contribution in [3.8, 4) is 11.5 Å². The number of benzene rings is 2. The van der Waals surface area contributed by atoms with Crippen LogP contribution in [0, 0.1) is 0 Å². The van der Waals surface area contributed by atoms with Crippen molar-refractivity contribution >= 4 is 0 Å². The van der Waals surface area contributed by atoms with Crippen LogP contribution in [-0.2, 0) is 0 Å². The number of hydrogen-bond donors (Lipinski definition) is 0. The Morgan fingerprint density at radius 2 is 1.05 bits per heavy atom. The third-order valence-electron chi connectivity index (χ3n) is 3.88. The maximum absolute atomic E-state index is 5.19. The summed E-state index contributed by atoms with van der Waals surface area (Å²) in [6.45, 7) is 0. The molecular weight excluding hydrogens is 236 g/mol. The fraction of sp³-hybridized carbons (Fsp3) is 0.294. The van der Waals surface area contributed by atoms with E-state index in [9.17, 15) is 0 Å². The van der Waals surface area contributed by atoms with Crippen LogP contribution >= 0.6 is 0 Å². The molecule has 98 valence electrons. The predicted molar refractivity (Wildman–Crippen MR) is 76.1 cm³/mol. The van der Waals surface area contributed by atoms with Crippen molar-refractivity contribution in [3.05, 3.63) is 59.7 Å². The highest BCUT2D eigenvalue weighted by atomic mass is 16.5. The topological polar surface area (TPSA) is 18.5 Å². The summed E-state index contributed by atoms with van der Waals surface area (Å²) in [5.74, 6) is 3.15. The Morgan fingerprint density at radius 1 is 0.684 bits per heavy atom. The molecule has 0 bridgehead atoms. The summed E-state index contributed by atoms with van der Waals surface area (Å²) in [5, 5.41) is 0. The van der Waals surface area contributed by atoms with Gasteiger partial charge in [0.05, 0.1) is 14.2 Å². The van der Waals surface area contributed by atoms with E-state index in [0.29, 0.717) is 11.8 Å². The van der Waals surface area contributed by atoms with Crippen LogP contribution in [-0.4, -0.2) is 14.2 Å². The number of hydrogen-bond acceptors (Lipinski definition) is 2. The highest BCUT2D eigenvalue weighted by molar-refractivity contribution is 5.40. The minimum absolute atomic E-state index is 0.652. The van der Waals surface area contributed by atoms with Gasteiger partial charge in [-0.25, -0.2) is 0 Å². The molecule has 1 aliphatic carbocycles. The second-order valence-electron chi connectivity index (χ2n) is 5.00. The lowest BCUT2D eigenvalue weighted by Crippen LogP contribution is -1.87. The molecule has 0 aliphatic heterocycles. The minimum atomic E-state index is 0.652. The van der Waals surface area contributed by atoms with Gasteiger partial charge in [0.1, 0.15) is 11.5 Å². The molecule has 19 heavy (non-hydrogen) atoms. The number of rotatable bonds is 4. The average molecular weight is 254 g/mol. The molecule has 2 heteroatoms. The summed E-state index contributed by atoms with van der Waals surface area (Å²) in [5.41, 5.74) is 2.81. The van der Waals surface area contributed by atoms with Crippen LogP contribution < -0.4 is 9.47 Å². The Bertz CT molecular complexity index is 491. The predicted octanol–water partition coefficient (Wildman–Crippen LogP) is 3.97. The summed E-state index contributed by atoms with van der Waals surface area (Å²) in [7, 11) is 3.40. The van der Waals surface area contributed by atoms with E-state index < -0.39 is 0 Å². The smallest absolute Gasteiger partial charge is 0.118 e. The molecular formula is C17H18O2. The Labute approximate surface area is 114 Å². The van der Waals surface area contributed by atoms with Gasteiger partial charge in [-0.2, -0.15) is 0 Å². The molecule has 0 heterocycles. The Balaban J connectivity index is 1.72. The molecule has 1 aliphatic rings. The minimum Gasteiger partial charge on any atom is -0.497 e. The van der Waals surface area contributed by atoms with Crippen LogP contribution in [0.25, 0.3) is 0 Å². The Hall–Kier alpha value is -1.96. The van der Waals surface area contributed by atoms with E-state index in [-0.39, 0.29) is 0 Å². The van der Waals surface area contributed by atoms with Crippen LogP contribution in [0.5, 0.6) is 11.5 Å². The normalized spacial score (nSPS) is 20.9. The molecule has 2 aromatic rings. The van der Waals surface area contributed by atoms with Crippen LogP contribution in [0.15, 0.2) is 48.5 Å². The van der Waals surface area contributed by atoms with E-state index in [2.05, 4.69) is 24.3 Å². The van der Waals surface area contributed by atoms with Crippen molar-refractivity contribution in [1.82, 2.24) is 0 Å². The van der Waals surface area contributed by atoms with Gasteiger partial charge in [0, 0.05) is 0 Å². The van der Waals surface area contributed by atoms with Crippen molar-refractivity contribution in [1.29, 1.82) is 0 Å². The third kappa shape index (κ3) is 2.43. The molecule has 3 rings (SSSR count). The van der Waals surface area contributed by atoms with Gasteiger partial charge in [-0.05, 0) is 53.6 Å². The van der Waals surface area contributed by atoms with Gasteiger partial charge in [0.15, 0.2) is 0 Å². The van der Waals surface area contributed by atoms with Gasteiger partial charge in [0.2, 0.25) is 0 Å². The first-order chi connectivity index (χ1) is 9.31. The van der Waals surface area contributed by atoms with E-state index in [1.165, 1.54) is 17.5 Å². The first kappa shape index (κ1) is 12.1. The summed E-state index contributed by atoms with van der Waals surface area (Å²) in [4.78, 5) is 0. The maximum Gasteiger partial charge on any atom is 0.118 e. The molecule has 0 unspecified atom stereocenters. The fourth-order valence-electron chi connectivity index (χ4n) is 2.63. The van der Waals surface area contributed by atoms with Crippen molar-refractivity contribution < 1.29 is 9.47 Å². The van der Waals surface area contributed by atoms with Gasteiger partial charge in [-0.15, -0.1) is 0 Å². The Morgan fingerprint density at radius 3 is 1.37 bits per heavy atom. The first-order valence-corrected chi connectivity index (χ1v) is 6.59. The van der Waals surface area contributed by atoms with E-state index in [4.69, 9.17) is 9.47 Å². The third-order valence-corrected chi connectivity index (χ3v) is 3.88. The summed E-state index contributed by atoms with van der Waals surface area (Å²) < 4.78 is 10.4. The maximum atomic E-state index is 5.19. The molecule has 1 saturated carbocycles. The summed E-state index contributed by atoms with van der Waals surface area (Å²) in [6, 6.07) is 16.9. The molecule has 0 radical (unpaired) electrons. The van der Waals surface area contributed by atoms with Crippen molar-refractivity contribution in [2.75, 3.05) is 14.2 Å². The van der Waals surface area contributed by atoms with Crippen molar-refractivity contribution in [3.63, 3.8) is 0 Å². The van der Waals surface area contributed by atoms with Gasteiger partial charge in [-0.3, -0.25) is 0 Å². The highest BCUT2D eigenvalue weighted by Crippen LogP contribution is 2.54. The van der Waals surface area contributed by atoms with E-state index in [0.717, 1.165) is 11.5 Å². The summed E-state index contributed by atoms with van der Waals surface area (Å²) in [6.07, 6.45) is 1.23. The number of ether oxygens (including phenoxy) is 2. The van der Waals surface area contributed by atoms with Crippen LogP contribution in [0.3, 0.4) is 0 Å². The van der Waals surface area contributed by atoms with Gasteiger partial charge < -0.3 is 9.47 Å². The molecule has 0 amide bonds. The zero-order chi connectivity index (χ0) is 13.2. The highest BCUT2D eigenvalue weighted by Gasteiger charge is 2.39. The average Bonchev–Trinajstić information content (AvgIpc) is 3.28. The standard InChI is InChI=1S/C17H18O2/c1-18-14-7-3-12(4-8-14)16-11-17(16)13-5-9-15(19-2)10-6-13/h3-10,16-17H,11H2,1-2H3/t16-,17-/m0/s1. The number of methoxy groups -OCH3 is 2. The van der Waals surface area contributed by atoms with Gasteiger partial charge in [0.25, 0.3) is 0 Å². The largest absolute Gasteiger partial charge is 0.497 e. The zero-order valence-corrected chi connectivity index (χ0v) is 11.3. The SMILES string of the molecule is COc1ccc([C@@H]2C[C@H]2c2ccc(OC)cc2)cc1. The molecule has 2 aromatic carbocycles. The molecule has 0 N–H and O–H groups in total. The molecule has 2 atom stereocenters. The first-order valence-electron chi connectivity index (χ1n) is 6.59. The molecule has 0 saturated heterocycles. The molecule has 2 nitrogen and oxygen atoms in total. The van der Waals surface area contributed by atoms with E-state index in [1.54, 1.807) is 14.2 Å². The monoisotopic (exact) mass is 254 g/mol. The lowest BCUT2D eigenvalue weighted by atomic mass is 10.0. The molecule has 0 aromatic heterocycles. The van der Waals surface area contributed by atoms with E-state index >= 15 is 0 Å². The zero-order valence-electron chi connectivity index (χ0n) is 11.3. The summed E-state index contributed by atoms with van der Waals surface area (Å²) >= 11 is 0. The van der Waals surface area contributed by atoms with Crippen molar-refractivity contribution in [2.24, 2.45) is 0 Å². The van der Waals surface area contributed by atoms with Gasteiger partial charge >= 0.3 is 0 Å². The molecule has 1 fully saturated rings. The lowest BCUT2D eigenvalue weighted by Gasteiger charge is -2.04. The lowest BCUT2D eigenvalue weighted by molar-refractivity contribution is 0.414. The van der Waals surface area contributed by atoms with Crippen LogP contribution in [0.4, 0.5) is 0 Å². The van der Waals surface area contributed by atoms with Crippen LogP contribution in [0.2, 0.25) is 0 Å². The van der Waals surface area contributed by atoms with Gasteiger partial charge in [-0.1, -0.05) is 24.3 Å². The fourth-order valence-corrected chi connectivity index (χ4v) is 2.63. The van der Waals surface area contributed by atoms with Crippen LogP contribution in [0.1, 0.15) is 29.4 Å².